The lowest BCUT2D eigenvalue weighted by molar-refractivity contribution is -0.116. The Labute approximate surface area is 158 Å². The van der Waals surface area contributed by atoms with Gasteiger partial charge in [-0.1, -0.05) is 29.5 Å². The van der Waals surface area contributed by atoms with Gasteiger partial charge < -0.3 is 5.32 Å². The van der Waals surface area contributed by atoms with Crippen molar-refractivity contribution in [2.75, 3.05) is 5.32 Å². The van der Waals surface area contributed by atoms with Gasteiger partial charge in [0.25, 0.3) is 5.56 Å². The Kier molecular flexibility index (Phi) is 4.40. The quantitative estimate of drug-likeness (QED) is 0.587. The third-order valence-corrected chi connectivity index (χ3v) is 4.22. The molecule has 1 amide bonds. The van der Waals surface area contributed by atoms with Gasteiger partial charge in [-0.05, 0) is 36.8 Å². The number of nitrogens with one attached hydrogen (secondary N) is 1. The van der Waals surface area contributed by atoms with E-state index in [1.54, 1.807) is 12.1 Å². The number of aryl methyl sites for hydroxylation is 1. The van der Waals surface area contributed by atoms with Gasteiger partial charge in [-0.15, -0.1) is 5.10 Å². The Morgan fingerprint density at radius 2 is 2.00 bits per heavy atom. The van der Waals surface area contributed by atoms with Crippen LogP contribution in [0.3, 0.4) is 0 Å². The molecule has 0 saturated heterocycles. The van der Waals surface area contributed by atoms with Gasteiger partial charge in [0.1, 0.15) is 18.7 Å². The number of benzene rings is 2. The molecular weight excluding hydrogens is 363 g/mol. The predicted molar refractivity (Wildman–Crippen MR) is 101 cm³/mol. The molecule has 0 fully saturated rings. The number of rotatable bonds is 4. The highest BCUT2D eigenvalue weighted by molar-refractivity contribution is 5.91. The number of para-hydroxylation sites is 1. The number of nitrogens with zero attached hydrogens (tertiary/aromatic N) is 5. The van der Waals surface area contributed by atoms with E-state index in [-0.39, 0.29) is 23.6 Å². The monoisotopic (exact) mass is 378 g/mol. The van der Waals surface area contributed by atoms with Gasteiger partial charge in [0.05, 0.1) is 5.69 Å². The lowest BCUT2D eigenvalue weighted by atomic mass is 10.2. The highest BCUT2D eigenvalue weighted by atomic mass is 19.1. The third kappa shape index (κ3) is 3.25. The molecule has 0 aliphatic carbocycles. The van der Waals surface area contributed by atoms with Crippen molar-refractivity contribution < 1.29 is 9.18 Å². The molecule has 9 heteroatoms. The molecule has 8 nitrogen and oxygen atoms in total. The molecule has 0 spiro atoms. The molecule has 4 rings (SSSR count). The number of carbonyl (C=O) groups is 1. The summed E-state index contributed by atoms with van der Waals surface area (Å²) in [6, 6.07) is 13.0. The Balaban J connectivity index is 1.63. The fraction of sp³-hybridized carbons (Fsp3) is 0.105. The molecule has 140 valence electrons. The van der Waals surface area contributed by atoms with E-state index in [2.05, 4.69) is 20.6 Å². The highest BCUT2D eigenvalue weighted by Crippen LogP contribution is 2.14. The van der Waals surface area contributed by atoms with Gasteiger partial charge in [0.2, 0.25) is 5.91 Å². The first-order chi connectivity index (χ1) is 13.5. The fourth-order valence-corrected chi connectivity index (χ4v) is 2.80. The minimum Gasteiger partial charge on any atom is -0.324 e. The van der Waals surface area contributed by atoms with E-state index in [0.717, 1.165) is 10.1 Å². The first kappa shape index (κ1) is 17.5. The van der Waals surface area contributed by atoms with Crippen LogP contribution in [0.25, 0.3) is 16.9 Å². The standard InChI is InChI=1S/C19H15FN6O2/c1-12-5-2-3-8-15(12)22-16(27)10-25-11-21-18-17(19(25)28)23-24-26(18)14-7-4-6-13(20)9-14/h2-9,11H,10H2,1H3,(H,22,27). The second-order valence-corrected chi connectivity index (χ2v) is 6.19. The predicted octanol–water partition coefficient (Wildman–Crippen LogP) is 2.06. The maximum Gasteiger partial charge on any atom is 0.284 e. The van der Waals surface area contributed by atoms with Crippen molar-refractivity contribution in [1.82, 2.24) is 24.5 Å². The van der Waals surface area contributed by atoms with Crippen molar-refractivity contribution in [2.45, 2.75) is 13.5 Å². The molecule has 0 aliphatic rings. The molecule has 2 aromatic heterocycles. The summed E-state index contributed by atoms with van der Waals surface area (Å²) in [4.78, 5) is 29.1. The Bertz CT molecular complexity index is 1250. The van der Waals surface area contributed by atoms with Gasteiger partial charge in [0, 0.05) is 5.69 Å². The minimum atomic E-state index is -0.507. The van der Waals surface area contributed by atoms with Crippen LogP contribution in [0.2, 0.25) is 0 Å². The van der Waals surface area contributed by atoms with E-state index in [1.807, 2.05) is 25.1 Å². The number of anilines is 1. The number of halogens is 1. The molecule has 2 heterocycles. The van der Waals surface area contributed by atoms with Crippen LogP contribution in [0, 0.1) is 12.7 Å². The largest absolute Gasteiger partial charge is 0.324 e. The van der Waals surface area contributed by atoms with E-state index in [1.165, 1.54) is 29.2 Å². The van der Waals surface area contributed by atoms with Crippen LogP contribution in [0.15, 0.2) is 59.7 Å². The number of aromatic nitrogens is 5. The van der Waals surface area contributed by atoms with E-state index >= 15 is 0 Å². The summed E-state index contributed by atoms with van der Waals surface area (Å²) in [6.07, 6.45) is 1.25. The summed E-state index contributed by atoms with van der Waals surface area (Å²) in [5.41, 5.74) is 1.65. The Morgan fingerprint density at radius 1 is 1.18 bits per heavy atom. The Hall–Kier alpha value is -3.88. The zero-order valence-electron chi connectivity index (χ0n) is 14.8. The zero-order chi connectivity index (χ0) is 19.7. The molecule has 2 aromatic carbocycles. The highest BCUT2D eigenvalue weighted by Gasteiger charge is 2.15. The summed E-state index contributed by atoms with van der Waals surface area (Å²) in [7, 11) is 0. The first-order valence-electron chi connectivity index (χ1n) is 8.45. The summed E-state index contributed by atoms with van der Waals surface area (Å²) >= 11 is 0. The lowest BCUT2D eigenvalue weighted by Crippen LogP contribution is -2.28. The van der Waals surface area contributed by atoms with Gasteiger partial charge in [-0.2, -0.15) is 4.68 Å². The van der Waals surface area contributed by atoms with Crippen molar-refractivity contribution in [3.63, 3.8) is 0 Å². The molecule has 0 saturated carbocycles. The summed E-state index contributed by atoms with van der Waals surface area (Å²) in [6.45, 7) is 1.66. The molecule has 0 aliphatic heterocycles. The molecule has 4 aromatic rings. The minimum absolute atomic E-state index is 0.00421. The van der Waals surface area contributed by atoms with Gasteiger partial charge in [0.15, 0.2) is 11.2 Å². The summed E-state index contributed by atoms with van der Waals surface area (Å²) < 4.78 is 15.9. The molecule has 1 N–H and O–H groups in total. The Morgan fingerprint density at radius 3 is 2.79 bits per heavy atom. The second-order valence-electron chi connectivity index (χ2n) is 6.19. The van der Waals surface area contributed by atoms with Crippen molar-refractivity contribution in [2.24, 2.45) is 0 Å². The van der Waals surface area contributed by atoms with Crippen LogP contribution in [0.4, 0.5) is 10.1 Å². The van der Waals surface area contributed by atoms with Crippen molar-refractivity contribution in [1.29, 1.82) is 0 Å². The average molecular weight is 378 g/mol. The maximum absolute atomic E-state index is 13.5. The van der Waals surface area contributed by atoms with E-state index in [0.29, 0.717) is 11.4 Å². The van der Waals surface area contributed by atoms with Crippen LogP contribution in [0.1, 0.15) is 5.56 Å². The lowest BCUT2D eigenvalue weighted by Gasteiger charge is -2.09. The molecule has 28 heavy (non-hydrogen) atoms. The van der Waals surface area contributed by atoms with Crippen molar-refractivity contribution in [3.8, 4) is 5.69 Å². The second kappa shape index (κ2) is 7.03. The first-order valence-corrected chi connectivity index (χ1v) is 8.45. The van der Waals surface area contributed by atoms with Crippen LogP contribution in [0.5, 0.6) is 0 Å². The third-order valence-electron chi connectivity index (χ3n) is 4.22. The number of hydrogen-bond donors (Lipinski definition) is 1. The summed E-state index contributed by atoms with van der Waals surface area (Å²) in [5, 5.41) is 10.5. The summed E-state index contributed by atoms with van der Waals surface area (Å²) in [5.74, 6) is -0.808. The van der Waals surface area contributed by atoms with Gasteiger partial charge in [-0.3, -0.25) is 14.2 Å². The molecule has 0 atom stereocenters. The number of hydrogen-bond acceptors (Lipinski definition) is 5. The van der Waals surface area contributed by atoms with Crippen LogP contribution >= 0.6 is 0 Å². The molecular formula is C19H15FN6O2. The van der Waals surface area contributed by atoms with Crippen molar-refractivity contribution >= 4 is 22.8 Å². The number of fused-ring (bicyclic) bond motifs is 1. The van der Waals surface area contributed by atoms with Gasteiger partial charge in [-0.25, -0.2) is 9.37 Å². The van der Waals surface area contributed by atoms with E-state index in [9.17, 15) is 14.0 Å². The van der Waals surface area contributed by atoms with Crippen LogP contribution in [-0.4, -0.2) is 30.5 Å². The maximum atomic E-state index is 13.5. The van der Waals surface area contributed by atoms with Crippen LogP contribution in [-0.2, 0) is 11.3 Å². The van der Waals surface area contributed by atoms with Crippen LogP contribution < -0.4 is 10.9 Å². The zero-order valence-corrected chi connectivity index (χ0v) is 14.8. The van der Waals surface area contributed by atoms with Crippen molar-refractivity contribution in [3.05, 3.63) is 76.6 Å². The molecule has 0 radical (unpaired) electrons. The molecule has 0 bridgehead atoms. The van der Waals surface area contributed by atoms with E-state index in [4.69, 9.17) is 0 Å². The number of carbonyl (C=O) groups excluding carboxylic acids is 1. The number of amides is 1. The van der Waals surface area contributed by atoms with Gasteiger partial charge >= 0.3 is 0 Å². The van der Waals surface area contributed by atoms with E-state index < -0.39 is 11.4 Å². The topological polar surface area (TPSA) is 94.7 Å². The molecule has 0 unspecified atom stereocenters. The normalized spacial score (nSPS) is 10.9. The fourth-order valence-electron chi connectivity index (χ4n) is 2.80. The average Bonchev–Trinajstić information content (AvgIpc) is 3.11. The smallest absolute Gasteiger partial charge is 0.284 e. The SMILES string of the molecule is Cc1ccccc1NC(=O)Cn1cnc2c(nnn2-c2cccc(F)c2)c1=O.